The van der Waals surface area contributed by atoms with Crippen LogP contribution >= 0.6 is 39.3 Å². The molecule has 4 aromatic rings. The van der Waals surface area contributed by atoms with Crippen LogP contribution in [0.15, 0.2) is 69.4 Å². The first-order valence-corrected chi connectivity index (χ1v) is 14.7. The summed E-state index contributed by atoms with van der Waals surface area (Å²) in [5, 5.41) is 18.7. The van der Waals surface area contributed by atoms with E-state index in [1.807, 2.05) is 16.7 Å². The lowest BCUT2D eigenvalue weighted by molar-refractivity contribution is -0.115. The minimum Gasteiger partial charge on any atom is -0.324 e. The number of aromatic nitrogens is 3. The van der Waals surface area contributed by atoms with Gasteiger partial charge in [0.2, 0.25) is 20.7 Å². The number of carbonyl (C=O) groups excluding carboxylic acids is 1. The van der Waals surface area contributed by atoms with E-state index >= 15 is 0 Å². The van der Waals surface area contributed by atoms with Crippen molar-refractivity contribution in [2.75, 3.05) is 5.32 Å². The summed E-state index contributed by atoms with van der Waals surface area (Å²) in [6, 6.07) is 16.4. The Morgan fingerprint density at radius 3 is 2.56 bits per heavy atom. The zero-order valence-electron chi connectivity index (χ0n) is 19.0. The van der Waals surface area contributed by atoms with Crippen molar-refractivity contribution in [2.24, 2.45) is 5.14 Å². The Morgan fingerprint density at radius 1 is 1.17 bits per heavy atom. The number of primary sulfonamides is 1. The van der Waals surface area contributed by atoms with Gasteiger partial charge in [0.05, 0.1) is 26.5 Å². The van der Waals surface area contributed by atoms with Gasteiger partial charge in [0.15, 0.2) is 5.16 Å². The first-order valence-electron chi connectivity index (χ1n) is 11.1. The molecule has 186 valence electrons. The molecule has 1 saturated carbocycles. The van der Waals surface area contributed by atoms with E-state index in [2.05, 4.69) is 55.7 Å². The summed E-state index contributed by atoms with van der Waals surface area (Å²) >= 11 is 10.9. The third kappa shape index (κ3) is 5.03. The molecule has 1 amide bonds. The number of benzene rings is 3. The second kappa shape index (κ2) is 9.79. The predicted octanol–water partition coefficient (Wildman–Crippen LogP) is 5.48. The van der Waals surface area contributed by atoms with Crippen LogP contribution in [-0.2, 0) is 14.8 Å². The van der Waals surface area contributed by atoms with Crippen molar-refractivity contribution >= 4 is 71.7 Å². The fraction of sp³-hybridized carbons (Fsp3) is 0.208. The molecule has 0 saturated heterocycles. The Balaban J connectivity index is 1.41. The van der Waals surface area contributed by atoms with Gasteiger partial charge in [0.25, 0.3) is 0 Å². The summed E-state index contributed by atoms with van der Waals surface area (Å²) in [6.07, 6.45) is 2.42. The number of sulfonamides is 1. The standard InChI is InChI=1S/C24H21BrClN5O3S2/c1-13(22(32)28-20-10-8-15(12-19(20)26)36(27,33)34)35-24-30-29-23(25)31(24)21-11-9-16(14-6-7-14)17-4-2-3-5-18(17)21/h2-5,8-14H,6-7H2,1H3,(H,28,32)(H2,27,33,34). The average molecular weight is 607 g/mol. The van der Waals surface area contributed by atoms with Gasteiger partial charge in [0.1, 0.15) is 0 Å². The zero-order chi connectivity index (χ0) is 25.6. The smallest absolute Gasteiger partial charge is 0.238 e. The van der Waals surface area contributed by atoms with Gasteiger partial charge in [0, 0.05) is 5.39 Å². The van der Waals surface area contributed by atoms with Crippen LogP contribution in [0.25, 0.3) is 16.5 Å². The maximum absolute atomic E-state index is 12.9. The normalized spacial score (nSPS) is 14.7. The van der Waals surface area contributed by atoms with Gasteiger partial charge in [-0.25, -0.2) is 13.6 Å². The van der Waals surface area contributed by atoms with E-state index < -0.39 is 15.3 Å². The van der Waals surface area contributed by atoms with Crippen LogP contribution < -0.4 is 10.5 Å². The third-order valence-corrected chi connectivity index (χ3v) is 8.74. The van der Waals surface area contributed by atoms with Gasteiger partial charge in [-0.1, -0.05) is 53.7 Å². The molecule has 8 nitrogen and oxygen atoms in total. The monoisotopic (exact) mass is 605 g/mol. The van der Waals surface area contributed by atoms with Crippen LogP contribution in [0.4, 0.5) is 5.69 Å². The fourth-order valence-electron chi connectivity index (χ4n) is 4.00. The number of halogens is 2. The topological polar surface area (TPSA) is 120 Å². The van der Waals surface area contributed by atoms with Gasteiger partial charge in [-0.3, -0.25) is 9.36 Å². The van der Waals surface area contributed by atoms with Crippen molar-refractivity contribution in [3.63, 3.8) is 0 Å². The second-order valence-electron chi connectivity index (χ2n) is 8.52. The Morgan fingerprint density at radius 2 is 1.89 bits per heavy atom. The molecule has 0 radical (unpaired) electrons. The van der Waals surface area contributed by atoms with E-state index in [0.29, 0.717) is 15.8 Å². The van der Waals surface area contributed by atoms with E-state index in [0.717, 1.165) is 11.1 Å². The number of amides is 1. The molecule has 3 aromatic carbocycles. The highest BCUT2D eigenvalue weighted by Gasteiger charge is 2.27. The number of fused-ring (bicyclic) bond motifs is 1. The number of hydrogen-bond donors (Lipinski definition) is 2. The summed E-state index contributed by atoms with van der Waals surface area (Å²) in [7, 11) is -3.90. The van der Waals surface area contributed by atoms with Crippen molar-refractivity contribution in [3.8, 4) is 5.69 Å². The molecule has 0 aliphatic heterocycles. The van der Waals surface area contributed by atoms with Crippen LogP contribution in [0.5, 0.6) is 0 Å². The number of nitrogens with zero attached hydrogens (tertiary/aromatic N) is 3. The van der Waals surface area contributed by atoms with Crippen LogP contribution in [0.1, 0.15) is 31.2 Å². The maximum Gasteiger partial charge on any atom is 0.238 e. The van der Waals surface area contributed by atoms with E-state index in [1.54, 1.807) is 6.92 Å². The minimum absolute atomic E-state index is 0.0696. The van der Waals surface area contributed by atoms with Crippen LogP contribution in [0, 0.1) is 0 Å². The molecule has 1 heterocycles. The molecule has 0 bridgehead atoms. The molecule has 1 atom stereocenters. The number of carbonyl (C=O) groups is 1. The fourth-order valence-corrected chi connectivity index (χ4v) is 6.25. The van der Waals surface area contributed by atoms with Gasteiger partial charge in [-0.2, -0.15) is 0 Å². The third-order valence-electron chi connectivity index (χ3n) is 5.97. The zero-order valence-corrected chi connectivity index (χ0v) is 23.0. The highest BCUT2D eigenvalue weighted by atomic mass is 79.9. The minimum atomic E-state index is -3.90. The molecule has 5 rings (SSSR count). The molecule has 3 N–H and O–H groups in total. The molecule has 1 fully saturated rings. The summed E-state index contributed by atoms with van der Waals surface area (Å²) < 4.78 is 25.5. The lowest BCUT2D eigenvalue weighted by atomic mass is 9.99. The Hall–Kier alpha value is -2.44. The van der Waals surface area contributed by atoms with E-state index in [-0.39, 0.29) is 21.5 Å². The molecule has 0 spiro atoms. The molecule has 1 aliphatic carbocycles. The molecule has 36 heavy (non-hydrogen) atoms. The Kier molecular flexibility index (Phi) is 6.86. The highest BCUT2D eigenvalue weighted by Crippen LogP contribution is 2.44. The Labute approximate surface area is 225 Å². The quantitative estimate of drug-likeness (QED) is 0.269. The first kappa shape index (κ1) is 25.2. The summed E-state index contributed by atoms with van der Waals surface area (Å²) in [5.74, 6) is 0.279. The van der Waals surface area contributed by atoms with Gasteiger partial charge in [-0.05, 0) is 76.8 Å². The molecule has 1 aliphatic rings. The maximum atomic E-state index is 12.9. The Bertz CT molecular complexity index is 1600. The number of anilines is 1. The van der Waals surface area contributed by atoms with Crippen LogP contribution in [-0.4, -0.2) is 34.3 Å². The van der Waals surface area contributed by atoms with Gasteiger partial charge < -0.3 is 5.32 Å². The van der Waals surface area contributed by atoms with Gasteiger partial charge >= 0.3 is 0 Å². The number of rotatable bonds is 7. The molecule has 1 unspecified atom stereocenters. The molecule has 1 aromatic heterocycles. The second-order valence-corrected chi connectivity index (χ2v) is 12.5. The SMILES string of the molecule is CC(Sc1nnc(Br)n1-c1ccc(C2CC2)c2ccccc12)C(=O)Nc1ccc(S(N)(=O)=O)cc1Cl. The van der Waals surface area contributed by atoms with Crippen LogP contribution in [0.3, 0.4) is 0 Å². The lowest BCUT2D eigenvalue weighted by Crippen LogP contribution is -2.23. The van der Waals surface area contributed by atoms with E-state index in [4.69, 9.17) is 16.7 Å². The van der Waals surface area contributed by atoms with Crippen molar-refractivity contribution in [3.05, 3.63) is 69.9 Å². The summed E-state index contributed by atoms with van der Waals surface area (Å²) in [4.78, 5) is 12.8. The van der Waals surface area contributed by atoms with E-state index in [9.17, 15) is 13.2 Å². The summed E-state index contributed by atoms with van der Waals surface area (Å²) in [6.45, 7) is 1.74. The molecular weight excluding hydrogens is 586 g/mol. The van der Waals surface area contributed by atoms with Gasteiger partial charge in [-0.15, -0.1) is 10.2 Å². The molecule has 12 heteroatoms. The van der Waals surface area contributed by atoms with Crippen LogP contribution in [0.2, 0.25) is 5.02 Å². The number of thioether (sulfide) groups is 1. The predicted molar refractivity (Wildman–Crippen MR) is 145 cm³/mol. The largest absolute Gasteiger partial charge is 0.324 e. The molecular formula is C24H21BrClN5O3S2. The van der Waals surface area contributed by atoms with E-state index in [1.165, 1.54) is 53.8 Å². The average Bonchev–Trinajstić information content (AvgIpc) is 3.62. The van der Waals surface area contributed by atoms with Crippen molar-refractivity contribution in [1.82, 2.24) is 14.8 Å². The summed E-state index contributed by atoms with van der Waals surface area (Å²) in [5.41, 5.74) is 2.56. The number of nitrogens with two attached hydrogens (primary N) is 1. The van der Waals surface area contributed by atoms with Crippen molar-refractivity contribution in [2.45, 2.75) is 41.0 Å². The highest BCUT2D eigenvalue weighted by molar-refractivity contribution is 9.10. The van der Waals surface area contributed by atoms with Crippen molar-refractivity contribution in [1.29, 1.82) is 0 Å². The first-order chi connectivity index (χ1) is 17.1. The number of nitrogens with one attached hydrogen (secondary N) is 1. The number of hydrogen-bond acceptors (Lipinski definition) is 6. The lowest BCUT2D eigenvalue weighted by Gasteiger charge is -2.16. The van der Waals surface area contributed by atoms with Crippen molar-refractivity contribution < 1.29 is 13.2 Å².